The monoisotopic (exact) mass is 658 g/mol. The SMILES string of the molecule is CC(C)c1noc(N2CCC(C(C)CCOc3ccc([C@H](C)[C@H](NC(=O)OC(C)(C)C)C(=O)N4CCCC4C(N)=O)c(F)c3)CC2)n1. The highest BCUT2D eigenvalue weighted by atomic mass is 19.1. The smallest absolute Gasteiger partial charge is 0.408 e. The summed E-state index contributed by atoms with van der Waals surface area (Å²) in [7, 11) is 0. The molecule has 3 heterocycles. The number of benzene rings is 1. The molecule has 0 bridgehead atoms. The van der Waals surface area contributed by atoms with Crippen molar-refractivity contribution < 1.29 is 32.8 Å². The number of amides is 3. The quantitative estimate of drug-likeness (QED) is 0.316. The molecule has 4 rings (SSSR count). The summed E-state index contributed by atoms with van der Waals surface area (Å²) in [6, 6.07) is 3.17. The van der Waals surface area contributed by atoms with Gasteiger partial charge in [0.05, 0.1) is 6.61 Å². The van der Waals surface area contributed by atoms with Gasteiger partial charge in [-0.2, -0.15) is 4.98 Å². The minimum atomic E-state index is -1.18. The van der Waals surface area contributed by atoms with E-state index in [9.17, 15) is 14.4 Å². The van der Waals surface area contributed by atoms with Gasteiger partial charge >= 0.3 is 12.1 Å². The molecule has 0 saturated carbocycles. The van der Waals surface area contributed by atoms with Gasteiger partial charge in [-0.15, -0.1) is 0 Å². The number of likely N-dealkylation sites (tertiary alicyclic amines) is 1. The second-order valence-electron chi connectivity index (χ2n) is 14.2. The van der Waals surface area contributed by atoms with Gasteiger partial charge in [0.2, 0.25) is 11.8 Å². The van der Waals surface area contributed by atoms with Gasteiger partial charge in [-0.1, -0.05) is 38.9 Å². The van der Waals surface area contributed by atoms with E-state index in [0.29, 0.717) is 49.6 Å². The number of carbonyl (C=O) groups is 3. The average Bonchev–Trinajstić information content (AvgIpc) is 3.70. The number of primary amides is 1. The number of nitrogens with one attached hydrogen (secondary N) is 1. The van der Waals surface area contributed by atoms with Crippen molar-refractivity contribution in [2.24, 2.45) is 17.6 Å². The van der Waals surface area contributed by atoms with Crippen molar-refractivity contribution in [1.29, 1.82) is 0 Å². The number of nitrogens with zero attached hydrogens (tertiary/aromatic N) is 4. The molecule has 4 atom stereocenters. The lowest BCUT2D eigenvalue weighted by molar-refractivity contribution is -0.139. The molecule has 3 amide bonds. The molecule has 2 aromatic rings. The maximum atomic E-state index is 15.6. The van der Waals surface area contributed by atoms with Gasteiger partial charge in [0, 0.05) is 37.5 Å². The zero-order chi connectivity index (χ0) is 34.5. The minimum Gasteiger partial charge on any atom is -0.493 e. The second-order valence-corrected chi connectivity index (χ2v) is 14.2. The van der Waals surface area contributed by atoms with Crippen molar-refractivity contribution in [2.75, 3.05) is 31.1 Å². The molecule has 2 aliphatic heterocycles. The third-order valence-corrected chi connectivity index (χ3v) is 9.17. The van der Waals surface area contributed by atoms with Crippen LogP contribution in [0.4, 0.5) is 15.2 Å². The van der Waals surface area contributed by atoms with Crippen LogP contribution in [0.25, 0.3) is 0 Å². The molecule has 0 aliphatic carbocycles. The maximum Gasteiger partial charge on any atom is 0.408 e. The molecule has 47 heavy (non-hydrogen) atoms. The normalized spacial score (nSPS) is 19.4. The minimum absolute atomic E-state index is 0.220. The topological polar surface area (TPSA) is 153 Å². The van der Waals surface area contributed by atoms with Gasteiger partial charge in [-0.05, 0) is 76.3 Å². The molecule has 12 nitrogen and oxygen atoms in total. The maximum absolute atomic E-state index is 15.6. The largest absolute Gasteiger partial charge is 0.493 e. The summed E-state index contributed by atoms with van der Waals surface area (Å²) in [4.78, 5) is 46.5. The first-order chi connectivity index (χ1) is 22.1. The van der Waals surface area contributed by atoms with Gasteiger partial charge in [0.1, 0.15) is 29.3 Å². The van der Waals surface area contributed by atoms with Crippen molar-refractivity contribution >= 4 is 23.9 Å². The van der Waals surface area contributed by atoms with E-state index in [1.165, 1.54) is 11.0 Å². The second kappa shape index (κ2) is 15.3. The molecule has 3 N–H and O–H groups in total. The molecule has 2 aliphatic rings. The van der Waals surface area contributed by atoms with E-state index in [4.69, 9.17) is 19.7 Å². The number of hydrogen-bond acceptors (Lipinski definition) is 9. The van der Waals surface area contributed by atoms with E-state index < -0.39 is 47.3 Å². The fraction of sp³-hybridized carbons (Fsp3) is 0.676. The van der Waals surface area contributed by atoms with E-state index >= 15 is 4.39 Å². The molecule has 260 valence electrons. The Morgan fingerprint density at radius 3 is 2.40 bits per heavy atom. The third-order valence-electron chi connectivity index (χ3n) is 9.17. The standard InChI is InChI=1S/C34H51FN6O6/c1-20(2)30-38-32(47-39-30)40-16-12-23(13-17-40)21(3)14-18-45-24-10-11-25(26(35)19-24)22(4)28(37-33(44)46-34(5,6)7)31(43)41-15-8-9-27(41)29(36)42/h10-11,19-23,27-28H,8-9,12-18H2,1-7H3,(H2,36,42)(H,37,44)/t21?,22-,27?,28-/m0/s1. The third kappa shape index (κ3) is 9.35. The van der Waals surface area contributed by atoms with Crippen LogP contribution in [0.15, 0.2) is 22.7 Å². The van der Waals surface area contributed by atoms with Crippen molar-refractivity contribution in [1.82, 2.24) is 20.4 Å². The summed E-state index contributed by atoms with van der Waals surface area (Å²) < 4.78 is 32.4. The van der Waals surface area contributed by atoms with Crippen LogP contribution < -0.4 is 20.7 Å². The number of nitrogens with two attached hydrogens (primary N) is 1. The van der Waals surface area contributed by atoms with Crippen LogP contribution in [0.1, 0.15) is 104 Å². The Balaban J connectivity index is 1.34. The number of hydrogen-bond donors (Lipinski definition) is 2. The van der Waals surface area contributed by atoms with Gasteiger partial charge in [-0.3, -0.25) is 9.59 Å². The number of ether oxygens (including phenoxy) is 2. The molecule has 1 aromatic heterocycles. The Kier molecular flexibility index (Phi) is 11.7. The Labute approximate surface area is 276 Å². The summed E-state index contributed by atoms with van der Waals surface area (Å²) in [5.74, 6) is -0.209. The molecule has 0 radical (unpaired) electrons. The van der Waals surface area contributed by atoms with Crippen molar-refractivity contribution in [2.45, 2.75) is 110 Å². The Bertz CT molecular complexity index is 1390. The highest BCUT2D eigenvalue weighted by Crippen LogP contribution is 2.31. The number of rotatable bonds is 12. The zero-order valence-corrected chi connectivity index (χ0v) is 28.8. The molecule has 1 aromatic carbocycles. The van der Waals surface area contributed by atoms with Crippen LogP contribution in [0.3, 0.4) is 0 Å². The first kappa shape index (κ1) is 35.9. The van der Waals surface area contributed by atoms with Crippen LogP contribution in [0.2, 0.25) is 0 Å². The number of anilines is 1. The van der Waals surface area contributed by atoms with Crippen molar-refractivity contribution in [3.63, 3.8) is 0 Å². The first-order valence-corrected chi connectivity index (χ1v) is 16.7. The molecule has 2 fully saturated rings. The van der Waals surface area contributed by atoms with E-state index in [2.05, 4.69) is 27.3 Å². The van der Waals surface area contributed by atoms with Crippen LogP contribution in [-0.2, 0) is 14.3 Å². The lowest BCUT2D eigenvalue weighted by Gasteiger charge is -2.33. The van der Waals surface area contributed by atoms with Gasteiger partial charge in [-0.25, -0.2) is 9.18 Å². The highest BCUT2D eigenvalue weighted by Gasteiger charge is 2.40. The molecule has 13 heteroatoms. The summed E-state index contributed by atoms with van der Waals surface area (Å²) in [6.07, 6.45) is 3.06. The Hall–Kier alpha value is -3.90. The summed E-state index contributed by atoms with van der Waals surface area (Å²) in [6.45, 7) is 15.5. The molecular formula is C34H51FN6O6. The van der Waals surface area contributed by atoms with Crippen LogP contribution in [0, 0.1) is 17.7 Å². The fourth-order valence-electron chi connectivity index (χ4n) is 6.33. The Morgan fingerprint density at radius 1 is 1.11 bits per heavy atom. The number of aromatic nitrogens is 2. The predicted octanol–water partition coefficient (Wildman–Crippen LogP) is 5.13. The lowest BCUT2D eigenvalue weighted by Crippen LogP contribution is -2.55. The first-order valence-electron chi connectivity index (χ1n) is 16.7. The fourth-order valence-corrected chi connectivity index (χ4v) is 6.33. The van der Waals surface area contributed by atoms with E-state index in [0.717, 1.165) is 38.2 Å². The Morgan fingerprint density at radius 2 is 1.81 bits per heavy atom. The average molecular weight is 659 g/mol. The van der Waals surface area contributed by atoms with Crippen molar-refractivity contribution in [3.8, 4) is 5.75 Å². The highest BCUT2D eigenvalue weighted by molar-refractivity contribution is 5.92. The lowest BCUT2D eigenvalue weighted by atomic mass is 9.84. The van der Waals surface area contributed by atoms with E-state index in [-0.39, 0.29) is 11.5 Å². The molecule has 2 saturated heterocycles. The van der Waals surface area contributed by atoms with E-state index in [1.807, 2.05) is 13.8 Å². The number of carbonyl (C=O) groups excluding carboxylic acids is 3. The number of halogens is 1. The molecule has 2 unspecified atom stereocenters. The van der Waals surface area contributed by atoms with Crippen LogP contribution in [-0.4, -0.2) is 76.9 Å². The van der Waals surface area contributed by atoms with Crippen LogP contribution in [0.5, 0.6) is 5.75 Å². The molecule has 0 spiro atoms. The summed E-state index contributed by atoms with van der Waals surface area (Å²) in [5.41, 5.74) is 4.96. The molecular weight excluding hydrogens is 607 g/mol. The summed E-state index contributed by atoms with van der Waals surface area (Å²) >= 11 is 0. The van der Waals surface area contributed by atoms with Crippen LogP contribution >= 0.6 is 0 Å². The van der Waals surface area contributed by atoms with Crippen molar-refractivity contribution in [3.05, 3.63) is 35.4 Å². The van der Waals surface area contributed by atoms with E-state index in [1.54, 1.807) is 39.8 Å². The zero-order valence-electron chi connectivity index (χ0n) is 28.8. The van der Waals surface area contributed by atoms with Gasteiger partial charge < -0.3 is 34.8 Å². The van der Waals surface area contributed by atoms with Gasteiger partial charge in [0.25, 0.3) is 0 Å². The number of piperidine rings is 1. The number of alkyl carbamates (subject to hydrolysis) is 1. The van der Waals surface area contributed by atoms with Gasteiger partial charge in [0.15, 0.2) is 5.82 Å². The summed E-state index contributed by atoms with van der Waals surface area (Å²) in [5, 5.41) is 6.70. The predicted molar refractivity (Wildman–Crippen MR) is 175 cm³/mol.